The summed E-state index contributed by atoms with van der Waals surface area (Å²) in [7, 11) is 4.01. The molecule has 1 aromatic carbocycles. The number of hydrogen-bond acceptors (Lipinski definition) is 4. The van der Waals surface area contributed by atoms with E-state index in [1.165, 1.54) is 0 Å². The second-order valence-corrected chi connectivity index (χ2v) is 4.52. The van der Waals surface area contributed by atoms with Crippen molar-refractivity contribution in [3.05, 3.63) is 42.5 Å². The lowest BCUT2D eigenvalue weighted by atomic mass is 10.1. The fourth-order valence-electron chi connectivity index (χ4n) is 1.90. The minimum atomic E-state index is 0.910. The van der Waals surface area contributed by atoms with Gasteiger partial charge in [0.1, 0.15) is 0 Å². The van der Waals surface area contributed by atoms with Crippen molar-refractivity contribution in [3.63, 3.8) is 0 Å². The summed E-state index contributed by atoms with van der Waals surface area (Å²) in [4.78, 5) is 2.12. The molecule has 1 aromatic heterocycles. The fraction of sp³-hybridized carbons (Fsp3) is 0.333. The molecule has 0 fully saturated rings. The van der Waals surface area contributed by atoms with E-state index >= 15 is 0 Å². The van der Waals surface area contributed by atoms with Crippen molar-refractivity contribution < 1.29 is 0 Å². The Morgan fingerprint density at radius 3 is 2.47 bits per heavy atom. The van der Waals surface area contributed by atoms with E-state index in [1.807, 2.05) is 56.6 Å². The van der Waals surface area contributed by atoms with Gasteiger partial charge in [0, 0.05) is 19.2 Å². The summed E-state index contributed by atoms with van der Waals surface area (Å²) in [5.74, 6) is 0.913. The van der Waals surface area contributed by atoms with Gasteiger partial charge in [0.05, 0.1) is 5.69 Å². The van der Waals surface area contributed by atoms with Crippen LogP contribution in [-0.2, 0) is 0 Å². The summed E-state index contributed by atoms with van der Waals surface area (Å²) in [6, 6.07) is 14.1. The Balaban J connectivity index is 2.02. The molecule has 100 valence electrons. The maximum Gasteiger partial charge on any atom is 0.151 e. The molecule has 0 spiro atoms. The van der Waals surface area contributed by atoms with Crippen molar-refractivity contribution in [3.8, 4) is 11.3 Å². The van der Waals surface area contributed by atoms with Gasteiger partial charge in [0.2, 0.25) is 0 Å². The number of aromatic nitrogens is 2. The second kappa shape index (κ2) is 6.85. The molecule has 0 saturated heterocycles. The summed E-state index contributed by atoms with van der Waals surface area (Å²) in [6.45, 7) is 1.99. The zero-order chi connectivity index (χ0) is 13.5. The second-order valence-electron chi connectivity index (χ2n) is 4.52. The lowest BCUT2D eigenvalue weighted by Gasteiger charge is -2.17. The molecule has 0 atom stereocenters. The van der Waals surface area contributed by atoms with Gasteiger partial charge in [-0.1, -0.05) is 30.3 Å². The molecule has 1 N–H and O–H groups in total. The van der Waals surface area contributed by atoms with Gasteiger partial charge in [0.15, 0.2) is 5.82 Å². The van der Waals surface area contributed by atoms with E-state index in [9.17, 15) is 0 Å². The highest BCUT2D eigenvalue weighted by molar-refractivity contribution is 5.59. The molecule has 0 aliphatic heterocycles. The quantitative estimate of drug-likeness (QED) is 0.804. The Labute approximate surface area is 114 Å². The number of benzene rings is 1. The molecule has 0 unspecified atom stereocenters. The number of anilines is 1. The number of nitrogens with zero attached hydrogens (tertiary/aromatic N) is 3. The first-order valence-corrected chi connectivity index (χ1v) is 6.56. The standard InChI is InChI=1S/C15H20N4/c1-16-11-6-12-19(2)15-10-9-14(17-18-15)13-7-4-3-5-8-13/h3-5,7-10,16H,6,11-12H2,1-2H3. The summed E-state index contributed by atoms with van der Waals surface area (Å²) in [5.41, 5.74) is 2.01. The fourth-order valence-corrected chi connectivity index (χ4v) is 1.90. The van der Waals surface area contributed by atoms with Crippen LogP contribution in [0.5, 0.6) is 0 Å². The molecule has 0 amide bonds. The molecule has 0 bridgehead atoms. The molecule has 2 rings (SSSR count). The predicted molar refractivity (Wildman–Crippen MR) is 79.3 cm³/mol. The van der Waals surface area contributed by atoms with Gasteiger partial charge in [0.25, 0.3) is 0 Å². The molecule has 19 heavy (non-hydrogen) atoms. The maximum absolute atomic E-state index is 4.29. The molecule has 1 heterocycles. The first kappa shape index (κ1) is 13.5. The predicted octanol–water partition coefficient (Wildman–Crippen LogP) is 2.19. The summed E-state index contributed by atoms with van der Waals surface area (Å²) in [6.07, 6.45) is 1.09. The molecule has 0 saturated carbocycles. The van der Waals surface area contributed by atoms with Crippen molar-refractivity contribution in [1.29, 1.82) is 0 Å². The SMILES string of the molecule is CNCCCN(C)c1ccc(-c2ccccc2)nn1. The number of rotatable bonds is 6. The largest absolute Gasteiger partial charge is 0.358 e. The zero-order valence-electron chi connectivity index (χ0n) is 11.5. The van der Waals surface area contributed by atoms with Gasteiger partial charge in [-0.05, 0) is 32.1 Å². The summed E-state index contributed by atoms with van der Waals surface area (Å²) >= 11 is 0. The highest BCUT2D eigenvalue weighted by Gasteiger charge is 2.04. The average molecular weight is 256 g/mol. The number of hydrogen-bond donors (Lipinski definition) is 1. The first-order chi connectivity index (χ1) is 9.31. The third-order valence-electron chi connectivity index (χ3n) is 3.03. The van der Waals surface area contributed by atoms with Crippen LogP contribution >= 0.6 is 0 Å². The smallest absolute Gasteiger partial charge is 0.151 e. The highest BCUT2D eigenvalue weighted by Crippen LogP contribution is 2.17. The van der Waals surface area contributed by atoms with Gasteiger partial charge in [-0.25, -0.2) is 0 Å². The van der Waals surface area contributed by atoms with E-state index in [2.05, 4.69) is 20.4 Å². The molecular weight excluding hydrogens is 236 g/mol. The van der Waals surface area contributed by atoms with Crippen LogP contribution in [-0.4, -0.2) is 37.4 Å². The van der Waals surface area contributed by atoms with E-state index in [0.717, 1.165) is 36.6 Å². The summed E-state index contributed by atoms with van der Waals surface area (Å²) < 4.78 is 0. The molecule has 0 radical (unpaired) electrons. The van der Waals surface area contributed by atoms with E-state index in [-0.39, 0.29) is 0 Å². The van der Waals surface area contributed by atoms with Crippen molar-refractivity contribution >= 4 is 5.82 Å². The van der Waals surface area contributed by atoms with Crippen molar-refractivity contribution in [1.82, 2.24) is 15.5 Å². The van der Waals surface area contributed by atoms with Gasteiger partial charge in [-0.15, -0.1) is 10.2 Å². The lowest BCUT2D eigenvalue weighted by Crippen LogP contribution is -2.23. The topological polar surface area (TPSA) is 41.0 Å². The molecule has 2 aromatic rings. The Hall–Kier alpha value is -1.94. The molecule has 0 aliphatic carbocycles. The van der Waals surface area contributed by atoms with Gasteiger partial charge >= 0.3 is 0 Å². The third kappa shape index (κ3) is 3.76. The highest BCUT2D eigenvalue weighted by atomic mass is 15.2. The number of nitrogens with one attached hydrogen (secondary N) is 1. The Bertz CT molecular complexity index is 481. The monoisotopic (exact) mass is 256 g/mol. The first-order valence-electron chi connectivity index (χ1n) is 6.56. The van der Waals surface area contributed by atoms with Crippen LogP contribution in [0.25, 0.3) is 11.3 Å². The van der Waals surface area contributed by atoms with Crippen LogP contribution in [0, 0.1) is 0 Å². The molecule has 0 aliphatic rings. The third-order valence-corrected chi connectivity index (χ3v) is 3.03. The minimum Gasteiger partial charge on any atom is -0.358 e. The van der Waals surface area contributed by atoms with Crippen LogP contribution in [0.3, 0.4) is 0 Å². The van der Waals surface area contributed by atoms with E-state index in [0.29, 0.717) is 0 Å². The lowest BCUT2D eigenvalue weighted by molar-refractivity contribution is 0.706. The molecule has 4 heteroatoms. The van der Waals surface area contributed by atoms with Crippen molar-refractivity contribution in [2.45, 2.75) is 6.42 Å². The Morgan fingerprint density at radius 1 is 1.05 bits per heavy atom. The van der Waals surface area contributed by atoms with Crippen LogP contribution in [0.2, 0.25) is 0 Å². The van der Waals surface area contributed by atoms with Crippen LogP contribution in [0.1, 0.15) is 6.42 Å². The van der Waals surface area contributed by atoms with E-state index < -0.39 is 0 Å². The van der Waals surface area contributed by atoms with Gasteiger partial charge in [-0.3, -0.25) is 0 Å². The normalized spacial score (nSPS) is 10.4. The zero-order valence-corrected chi connectivity index (χ0v) is 11.5. The Morgan fingerprint density at radius 2 is 1.84 bits per heavy atom. The Kier molecular flexibility index (Phi) is 4.86. The van der Waals surface area contributed by atoms with Crippen molar-refractivity contribution in [2.24, 2.45) is 0 Å². The summed E-state index contributed by atoms with van der Waals surface area (Å²) in [5, 5.41) is 11.7. The van der Waals surface area contributed by atoms with Crippen LogP contribution in [0.15, 0.2) is 42.5 Å². The molecular formula is C15H20N4. The average Bonchev–Trinajstić information content (AvgIpc) is 2.48. The maximum atomic E-state index is 4.29. The van der Waals surface area contributed by atoms with Gasteiger partial charge < -0.3 is 10.2 Å². The molecule has 4 nitrogen and oxygen atoms in total. The van der Waals surface area contributed by atoms with Crippen LogP contribution in [0.4, 0.5) is 5.82 Å². The van der Waals surface area contributed by atoms with Gasteiger partial charge in [-0.2, -0.15) is 0 Å². The minimum absolute atomic E-state index is 0.910. The van der Waals surface area contributed by atoms with Crippen molar-refractivity contribution in [2.75, 3.05) is 32.1 Å². The van der Waals surface area contributed by atoms with E-state index in [4.69, 9.17) is 0 Å². The van der Waals surface area contributed by atoms with E-state index in [1.54, 1.807) is 0 Å². The van der Waals surface area contributed by atoms with Crippen LogP contribution < -0.4 is 10.2 Å².